The summed E-state index contributed by atoms with van der Waals surface area (Å²) in [7, 11) is 9.32. The van der Waals surface area contributed by atoms with Gasteiger partial charge in [0.05, 0.1) is 31.0 Å². The van der Waals surface area contributed by atoms with Gasteiger partial charge in [-0.2, -0.15) is 0 Å². The first kappa shape index (κ1) is 93.7. The van der Waals surface area contributed by atoms with Gasteiger partial charge >= 0.3 is 12.1 Å². The van der Waals surface area contributed by atoms with Gasteiger partial charge in [0.25, 0.3) is 0 Å². The molecule has 0 fully saturated rings. The quantitative estimate of drug-likeness (QED) is 0.0296. The van der Waals surface area contributed by atoms with Crippen LogP contribution in [0, 0.1) is 35.5 Å². The van der Waals surface area contributed by atoms with Crippen LogP contribution in [0.4, 0.5) is 4.79 Å². The molecule has 1 unspecified atom stereocenters. The van der Waals surface area contributed by atoms with E-state index in [0.29, 0.717) is 0 Å². The summed E-state index contributed by atoms with van der Waals surface area (Å²) in [5.74, 6) is -10.7. The van der Waals surface area contributed by atoms with Crippen LogP contribution >= 0.6 is 0 Å². The fourth-order valence-corrected chi connectivity index (χ4v) is 13.6. The van der Waals surface area contributed by atoms with Gasteiger partial charge in [0.15, 0.2) is 0 Å². The summed E-state index contributed by atoms with van der Waals surface area (Å²) in [6, 6.07) is 2.39. The zero-order valence-corrected chi connectivity index (χ0v) is 69.0. The van der Waals surface area contributed by atoms with Crippen LogP contribution in [0.5, 0.6) is 0 Å². The van der Waals surface area contributed by atoms with Crippen LogP contribution in [0.1, 0.15) is 181 Å². The minimum atomic E-state index is -1.71. The number of esters is 1. The molecule has 1 aliphatic carbocycles. The van der Waals surface area contributed by atoms with Gasteiger partial charge in [0, 0.05) is 48.2 Å². The maximum Gasteiger partial charge on any atom is 0.410 e. The molecule has 0 spiro atoms. The smallest absolute Gasteiger partial charge is 0.410 e. The molecule has 1 aliphatic rings. The SMILES string of the molecule is C/C=C/C[C@@H](C)[C@@H](O)[C@@H](C(=O)N[C@H](C(=O)N(C)CC(=O)OC)[C@@H](C)O)N(C)C(=O)[C@H](C(C)C)N(C)C(=O)[C@H](CC(C)C)NC(=O)[C@H](CC(C)C)N(C)C(=O)[C@@H](C)NC(=O)[C@H](C)NC(=O)[C@H](CC(C)C)N(C)C(=O)[C@H](CC(C)C)NC(=O)[C@H](C(C)OC(C)(C)C)N(C)C(=O)OCC1c2ccccc2-c2ccccc21. The number of likely N-dealkylation sites (N-methyl/N-ethyl adjacent to an activating group) is 6. The predicted molar refractivity (Wildman–Crippen MR) is 413 cm³/mol. The highest BCUT2D eigenvalue weighted by Gasteiger charge is 2.46. The van der Waals surface area contributed by atoms with Crippen LogP contribution in [-0.2, 0) is 67.0 Å². The third-order valence-electron chi connectivity index (χ3n) is 19.4. The minimum absolute atomic E-state index is 0.0153. The second-order valence-corrected chi connectivity index (χ2v) is 32.1. The molecule has 28 heteroatoms. The van der Waals surface area contributed by atoms with Gasteiger partial charge in [-0.05, 0) is 145 Å². The van der Waals surface area contributed by atoms with E-state index >= 15 is 4.79 Å². The van der Waals surface area contributed by atoms with Crippen molar-refractivity contribution in [3.8, 4) is 11.1 Å². The van der Waals surface area contributed by atoms with Gasteiger partial charge in [-0.1, -0.05) is 137 Å². The van der Waals surface area contributed by atoms with Crippen molar-refractivity contribution in [3.05, 3.63) is 71.8 Å². The number of benzene rings is 2. The van der Waals surface area contributed by atoms with E-state index in [1.807, 2.05) is 125 Å². The number of nitrogens with zero attached hydrogens (tertiary/aromatic N) is 6. The van der Waals surface area contributed by atoms with E-state index in [9.17, 15) is 63.0 Å². The molecule has 0 saturated carbocycles. The molecule has 108 heavy (non-hydrogen) atoms. The highest BCUT2D eigenvalue weighted by Crippen LogP contribution is 2.44. The molecule has 2 aromatic rings. The molecule has 606 valence electrons. The Bertz CT molecular complexity index is 3380. The van der Waals surface area contributed by atoms with Gasteiger partial charge in [0.1, 0.15) is 73.6 Å². The molecular weight excluding hydrogens is 1390 g/mol. The standard InChI is InChI=1S/C80H129N11O17/c1-27-28-33-49(12)68(94)67(73(99)85-64(52(15)92)77(103)86(20)42-63(93)106-26)90(24)78(104)65(48(10)11)89(23)76(102)60(39-45(4)5)83-71(97)62(41-47(8)9)87(21)74(100)51(14)82-69(95)50(13)81-70(96)61(40-46(6)7)88(22)75(101)59(38-44(2)3)84-72(98)66(53(16)108-80(17,18)19)91(25)79(105)107-43-58-56-36-31-29-34-54(56)55-35-30-32-37-57(55)58/h27-32,34-37,44-53,58-62,64-68,92,94H,33,38-43H2,1-26H3,(H,81,96)(H,82,95)(H,83,97)(H,84,98)(H,85,99)/b28-27+/t49-,50+,51-,52-,53?,59+,60+,61+,62+,64+,65+,66+,67+,68-/m1/s1. The number of aliphatic hydroxyl groups excluding tert-OH is 2. The number of allylic oxidation sites excluding steroid dienone is 2. The van der Waals surface area contributed by atoms with E-state index in [1.165, 1.54) is 82.7 Å². The number of rotatable bonds is 40. The summed E-state index contributed by atoms with van der Waals surface area (Å²) < 4.78 is 17.0. The Morgan fingerprint density at radius 2 is 0.935 bits per heavy atom. The van der Waals surface area contributed by atoms with Crippen LogP contribution in [0.25, 0.3) is 11.1 Å². The van der Waals surface area contributed by atoms with E-state index in [2.05, 4.69) is 31.3 Å². The van der Waals surface area contributed by atoms with Crippen molar-refractivity contribution in [2.45, 2.75) is 254 Å². The lowest BCUT2D eigenvalue weighted by atomic mass is 9.91. The monoisotopic (exact) mass is 1520 g/mol. The molecule has 28 nitrogen and oxygen atoms in total. The van der Waals surface area contributed by atoms with Crippen molar-refractivity contribution in [3.63, 3.8) is 0 Å². The molecule has 7 N–H and O–H groups in total. The zero-order valence-electron chi connectivity index (χ0n) is 69.0. The Hall–Kier alpha value is -8.50. The van der Waals surface area contributed by atoms with Crippen molar-refractivity contribution in [1.82, 2.24) is 56.0 Å². The van der Waals surface area contributed by atoms with Crippen LogP contribution in [0.2, 0.25) is 0 Å². The van der Waals surface area contributed by atoms with Crippen molar-refractivity contribution >= 4 is 71.1 Å². The van der Waals surface area contributed by atoms with E-state index in [0.717, 1.165) is 39.2 Å². The first-order chi connectivity index (χ1) is 50.1. The summed E-state index contributed by atoms with van der Waals surface area (Å²) in [5, 5.41) is 36.4. The minimum Gasteiger partial charge on any atom is -0.468 e. The average molecular weight is 1520 g/mol. The summed E-state index contributed by atoms with van der Waals surface area (Å²) in [6.45, 7) is 32.2. The Balaban J connectivity index is 1.88. The number of carbonyl (C=O) groups is 12. The van der Waals surface area contributed by atoms with Crippen LogP contribution < -0.4 is 26.6 Å². The van der Waals surface area contributed by atoms with Crippen LogP contribution in [0.3, 0.4) is 0 Å². The van der Waals surface area contributed by atoms with Crippen molar-refractivity contribution < 1.29 is 82.0 Å². The van der Waals surface area contributed by atoms with Gasteiger partial charge in [0.2, 0.25) is 59.1 Å². The third-order valence-corrected chi connectivity index (χ3v) is 19.4. The summed E-state index contributed by atoms with van der Waals surface area (Å²) in [4.78, 5) is 179. The number of carbonyl (C=O) groups excluding carboxylic acids is 12. The summed E-state index contributed by atoms with van der Waals surface area (Å²) >= 11 is 0. The lowest BCUT2D eigenvalue weighted by Gasteiger charge is -2.40. The number of methoxy groups -OCH3 is 1. The second-order valence-electron chi connectivity index (χ2n) is 32.1. The number of aliphatic hydroxyl groups is 2. The number of hydrogen-bond acceptors (Lipinski definition) is 17. The number of nitrogens with one attached hydrogen (secondary N) is 5. The van der Waals surface area contributed by atoms with Crippen molar-refractivity contribution in [2.75, 3.05) is 62.5 Å². The van der Waals surface area contributed by atoms with Gasteiger partial charge < -0.3 is 75.5 Å². The lowest BCUT2D eigenvalue weighted by molar-refractivity contribution is -0.155. The Morgan fingerprint density at radius 3 is 1.39 bits per heavy atom. The van der Waals surface area contributed by atoms with E-state index < -0.39 is 174 Å². The highest BCUT2D eigenvalue weighted by molar-refractivity contribution is 5.99. The third kappa shape index (κ3) is 26.4. The van der Waals surface area contributed by atoms with Crippen molar-refractivity contribution in [1.29, 1.82) is 0 Å². The Labute approximate surface area is 641 Å². The largest absolute Gasteiger partial charge is 0.468 e. The number of amides is 11. The Morgan fingerprint density at radius 1 is 0.500 bits per heavy atom. The molecule has 0 saturated heterocycles. The van der Waals surface area contributed by atoms with E-state index in [4.69, 9.17) is 9.47 Å². The van der Waals surface area contributed by atoms with Crippen LogP contribution in [-0.4, -0.2) is 258 Å². The molecular formula is C80H129N11O17. The maximum absolute atomic E-state index is 15.0. The summed E-state index contributed by atoms with van der Waals surface area (Å²) in [5.41, 5.74) is 3.33. The fourth-order valence-electron chi connectivity index (χ4n) is 13.6. The van der Waals surface area contributed by atoms with Gasteiger partial charge in [-0.3, -0.25) is 57.6 Å². The average Bonchev–Trinajstić information content (AvgIpc) is 1.62. The molecule has 0 bridgehead atoms. The van der Waals surface area contributed by atoms with E-state index in [1.54, 1.807) is 46.8 Å². The first-order valence-corrected chi connectivity index (χ1v) is 37.8. The number of ether oxygens (including phenoxy) is 3. The Kier molecular flexibility index (Phi) is 36.8. The molecule has 0 aromatic heterocycles. The van der Waals surface area contributed by atoms with Crippen molar-refractivity contribution in [2.24, 2.45) is 35.5 Å². The molecule has 0 radical (unpaired) electrons. The molecule has 11 amide bonds. The highest BCUT2D eigenvalue weighted by atomic mass is 16.6. The molecule has 14 atom stereocenters. The molecule has 0 heterocycles. The summed E-state index contributed by atoms with van der Waals surface area (Å²) in [6.07, 6.45) is -0.605. The predicted octanol–water partition coefficient (Wildman–Crippen LogP) is 6.03. The van der Waals surface area contributed by atoms with Gasteiger partial charge in [-0.15, -0.1) is 0 Å². The van der Waals surface area contributed by atoms with Crippen LogP contribution in [0.15, 0.2) is 60.7 Å². The van der Waals surface area contributed by atoms with E-state index in [-0.39, 0.29) is 68.3 Å². The molecule has 3 rings (SSSR count). The van der Waals surface area contributed by atoms with Gasteiger partial charge in [-0.25, -0.2) is 4.79 Å². The maximum atomic E-state index is 15.0. The first-order valence-electron chi connectivity index (χ1n) is 37.8. The number of hydrogen-bond donors (Lipinski definition) is 7. The fraction of sp³-hybridized carbons (Fsp3) is 0.675. The zero-order chi connectivity index (χ0) is 82.4. The topological polar surface area (TPSA) is 353 Å². The lowest BCUT2D eigenvalue weighted by Crippen LogP contribution is -2.64. The molecule has 0 aliphatic heterocycles. The number of fused-ring (bicyclic) bond motifs is 3. The second kappa shape index (κ2) is 42.5. The normalized spacial score (nSPS) is 16.2. The molecule has 2 aromatic carbocycles.